The van der Waals surface area contributed by atoms with E-state index in [1.165, 1.54) is 0 Å². The van der Waals surface area contributed by atoms with Crippen LogP contribution in [-0.2, 0) is 4.74 Å². The molecule has 0 aliphatic carbocycles. The summed E-state index contributed by atoms with van der Waals surface area (Å²) < 4.78 is 10.5. The van der Waals surface area contributed by atoms with Crippen molar-refractivity contribution in [2.45, 2.75) is 52.7 Å². The van der Waals surface area contributed by atoms with E-state index in [0.29, 0.717) is 5.89 Å². The van der Waals surface area contributed by atoms with Crippen molar-refractivity contribution in [2.75, 3.05) is 0 Å². The van der Waals surface area contributed by atoms with Gasteiger partial charge >= 0.3 is 6.09 Å². The maximum absolute atomic E-state index is 11.8. The lowest BCUT2D eigenvalue weighted by atomic mass is 9.99. The average molecular weight is 287 g/mol. The molecule has 0 saturated carbocycles. The van der Waals surface area contributed by atoms with Crippen LogP contribution < -0.4 is 5.32 Å². The minimum Gasteiger partial charge on any atom is -0.444 e. The van der Waals surface area contributed by atoms with Gasteiger partial charge in [-0.2, -0.15) is 0 Å². The second kappa shape index (κ2) is 6.18. The van der Waals surface area contributed by atoms with Crippen LogP contribution in [0.3, 0.4) is 0 Å². The van der Waals surface area contributed by atoms with Crippen molar-refractivity contribution < 1.29 is 13.9 Å². The predicted octanol–water partition coefficient (Wildman–Crippen LogP) is 3.34. The van der Waals surface area contributed by atoms with Crippen molar-refractivity contribution in [3.8, 4) is 0 Å². The largest absolute Gasteiger partial charge is 0.444 e. The third-order valence-electron chi connectivity index (χ3n) is 2.61. The van der Waals surface area contributed by atoms with Gasteiger partial charge in [0.1, 0.15) is 11.6 Å². The molecule has 1 rings (SSSR count). The van der Waals surface area contributed by atoms with Crippen LogP contribution in [0.4, 0.5) is 4.79 Å². The number of rotatable bonds is 4. The zero-order valence-electron chi connectivity index (χ0n) is 11.9. The van der Waals surface area contributed by atoms with Crippen LogP contribution in [0.5, 0.6) is 0 Å². The molecule has 0 bridgehead atoms. The van der Waals surface area contributed by atoms with Gasteiger partial charge in [-0.25, -0.2) is 9.89 Å². The van der Waals surface area contributed by atoms with Crippen molar-refractivity contribution in [3.05, 3.63) is 10.7 Å². The van der Waals surface area contributed by atoms with Gasteiger partial charge in [0, 0.05) is 0 Å². The highest BCUT2D eigenvalue weighted by atomic mass is 32.1. The molecule has 7 heteroatoms. The number of nitrogens with one attached hydrogen (secondary N) is 2. The fraction of sp³-hybridized carbons (Fsp3) is 0.750. The molecule has 0 spiro atoms. The molecule has 2 atom stereocenters. The Balaban J connectivity index is 2.82. The topological polar surface area (TPSA) is 80.1 Å². The molecular weight excluding hydrogens is 266 g/mol. The van der Waals surface area contributed by atoms with Gasteiger partial charge in [-0.15, -0.1) is 5.10 Å². The minimum absolute atomic E-state index is 0.147. The van der Waals surface area contributed by atoms with Crippen LogP contribution in [0.15, 0.2) is 4.42 Å². The summed E-state index contributed by atoms with van der Waals surface area (Å²) in [5, 5.41) is 9.29. The van der Waals surface area contributed by atoms with E-state index >= 15 is 0 Å². The van der Waals surface area contributed by atoms with E-state index in [4.69, 9.17) is 21.4 Å². The first-order chi connectivity index (χ1) is 8.73. The number of H-pyrrole nitrogens is 1. The third-order valence-corrected chi connectivity index (χ3v) is 2.78. The number of amides is 1. The highest BCUT2D eigenvalue weighted by Gasteiger charge is 2.27. The standard InChI is InChI=1S/C12H21N3O3S/c1-6-7(2)8(9-14-15-11(19)17-9)13-10(16)18-12(3,4)5/h7-8H,6H2,1-5H3,(H,13,16)(H,15,19)/t7-,8+/m1/s1. The normalized spacial score (nSPS) is 14.8. The van der Waals surface area contributed by atoms with Crippen molar-refractivity contribution in [1.82, 2.24) is 15.5 Å². The average Bonchev–Trinajstić information content (AvgIpc) is 2.69. The van der Waals surface area contributed by atoms with Gasteiger partial charge in [-0.05, 0) is 38.9 Å². The smallest absolute Gasteiger partial charge is 0.408 e. The zero-order chi connectivity index (χ0) is 14.6. The van der Waals surface area contributed by atoms with Crippen LogP contribution in [-0.4, -0.2) is 21.9 Å². The van der Waals surface area contributed by atoms with E-state index < -0.39 is 11.7 Å². The zero-order valence-corrected chi connectivity index (χ0v) is 12.8. The second-order valence-electron chi connectivity index (χ2n) is 5.46. The van der Waals surface area contributed by atoms with Gasteiger partial charge in [0.15, 0.2) is 0 Å². The van der Waals surface area contributed by atoms with E-state index in [1.54, 1.807) is 0 Å². The monoisotopic (exact) mass is 287 g/mol. The van der Waals surface area contributed by atoms with Gasteiger partial charge in [-0.3, -0.25) is 0 Å². The van der Waals surface area contributed by atoms with Crippen molar-refractivity contribution in [1.29, 1.82) is 0 Å². The SMILES string of the molecule is CC[C@@H](C)[C@H](NC(=O)OC(C)(C)C)c1n[nH]c(=S)o1. The molecule has 1 amide bonds. The third kappa shape index (κ3) is 5.02. The highest BCUT2D eigenvalue weighted by Crippen LogP contribution is 2.23. The molecule has 0 unspecified atom stereocenters. The number of ether oxygens (including phenoxy) is 1. The van der Waals surface area contributed by atoms with Crippen LogP contribution in [0.25, 0.3) is 0 Å². The van der Waals surface area contributed by atoms with E-state index in [2.05, 4.69) is 15.5 Å². The summed E-state index contributed by atoms with van der Waals surface area (Å²) in [5.74, 6) is 0.513. The van der Waals surface area contributed by atoms with Crippen LogP contribution in [0.1, 0.15) is 53.0 Å². The second-order valence-corrected chi connectivity index (χ2v) is 5.83. The summed E-state index contributed by atoms with van der Waals surface area (Å²) in [6, 6.07) is -0.368. The number of carbonyl (C=O) groups excluding carboxylic acids is 1. The molecule has 19 heavy (non-hydrogen) atoms. The minimum atomic E-state index is -0.546. The van der Waals surface area contributed by atoms with E-state index in [-0.39, 0.29) is 16.8 Å². The summed E-state index contributed by atoms with van der Waals surface area (Å²) >= 11 is 4.85. The van der Waals surface area contributed by atoms with Gasteiger partial charge in [0.25, 0.3) is 4.84 Å². The molecule has 1 aromatic heterocycles. The molecule has 0 saturated heterocycles. The van der Waals surface area contributed by atoms with Crippen LogP contribution in [0, 0.1) is 10.8 Å². The Morgan fingerprint density at radius 1 is 1.58 bits per heavy atom. The van der Waals surface area contributed by atoms with E-state index in [1.807, 2.05) is 34.6 Å². The van der Waals surface area contributed by atoms with Gasteiger partial charge in [0.05, 0.1) is 0 Å². The summed E-state index contributed by atoms with van der Waals surface area (Å²) in [6.07, 6.45) is 0.359. The number of alkyl carbamates (subject to hydrolysis) is 1. The summed E-state index contributed by atoms with van der Waals surface area (Å²) in [4.78, 5) is 12.0. The maximum atomic E-state index is 11.8. The summed E-state index contributed by atoms with van der Waals surface area (Å²) in [5.41, 5.74) is -0.546. The molecule has 1 aromatic rings. The van der Waals surface area contributed by atoms with Crippen molar-refractivity contribution >= 4 is 18.3 Å². The first-order valence-electron chi connectivity index (χ1n) is 6.28. The number of aromatic nitrogens is 2. The quantitative estimate of drug-likeness (QED) is 0.830. The number of nitrogens with zero attached hydrogens (tertiary/aromatic N) is 1. The molecular formula is C12H21N3O3S. The highest BCUT2D eigenvalue weighted by molar-refractivity contribution is 7.71. The molecule has 108 valence electrons. The molecule has 2 N–H and O–H groups in total. The number of carbonyl (C=O) groups is 1. The first kappa shape index (κ1) is 15.7. The van der Waals surface area contributed by atoms with E-state index in [9.17, 15) is 4.79 Å². The molecule has 0 fully saturated rings. The Kier molecular flexibility index (Phi) is 5.11. The molecule has 6 nitrogen and oxygen atoms in total. The van der Waals surface area contributed by atoms with E-state index in [0.717, 1.165) is 6.42 Å². The van der Waals surface area contributed by atoms with Crippen LogP contribution >= 0.6 is 12.2 Å². The first-order valence-corrected chi connectivity index (χ1v) is 6.68. The fourth-order valence-electron chi connectivity index (χ4n) is 1.49. The Labute approximate surface area is 117 Å². The summed E-state index contributed by atoms with van der Waals surface area (Å²) in [6.45, 7) is 9.45. The van der Waals surface area contributed by atoms with Gasteiger partial charge in [-0.1, -0.05) is 20.3 Å². The van der Waals surface area contributed by atoms with Crippen molar-refractivity contribution in [3.63, 3.8) is 0 Å². The predicted molar refractivity (Wildman–Crippen MR) is 73.3 cm³/mol. The fourth-order valence-corrected chi connectivity index (χ4v) is 1.62. The number of aromatic amines is 1. The molecule has 0 aromatic carbocycles. The Hall–Kier alpha value is -1.37. The van der Waals surface area contributed by atoms with Crippen LogP contribution in [0.2, 0.25) is 0 Å². The Morgan fingerprint density at radius 3 is 2.63 bits per heavy atom. The van der Waals surface area contributed by atoms with Gasteiger partial charge in [0.2, 0.25) is 5.89 Å². The van der Waals surface area contributed by atoms with Gasteiger partial charge < -0.3 is 14.5 Å². The van der Waals surface area contributed by atoms with Crippen molar-refractivity contribution in [2.24, 2.45) is 5.92 Å². The Morgan fingerprint density at radius 2 is 2.21 bits per heavy atom. The molecule has 0 radical (unpaired) electrons. The summed E-state index contributed by atoms with van der Waals surface area (Å²) in [7, 11) is 0. The number of hydrogen-bond donors (Lipinski definition) is 2. The molecule has 1 heterocycles. The lowest BCUT2D eigenvalue weighted by Gasteiger charge is -2.24. The lowest BCUT2D eigenvalue weighted by molar-refractivity contribution is 0.0475. The maximum Gasteiger partial charge on any atom is 0.408 e. The Bertz CT molecular complexity index is 475. The molecule has 0 aliphatic rings. The molecule has 0 aliphatic heterocycles. The number of hydrogen-bond acceptors (Lipinski definition) is 5. The lowest BCUT2D eigenvalue weighted by Crippen LogP contribution is -2.37.